The zero-order valence-corrected chi connectivity index (χ0v) is 8.91. The van der Waals surface area contributed by atoms with Gasteiger partial charge >= 0.3 is 5.97 Å². The normalized spacial score (nSPS) is 8.93. The van der Waals surface area contributed by atoms with Crippen LogP contribution in [0.1, 0.15) is 22.5 Å². The molecule has 1 rings (SSSR count). The van der Waals surface area contributed by atoms with E-state index in [4.69, 9.17) is 5.11 Å². The van der Waals surface area contributed by atoms with Gasteiger partial charge in [-0.1, -0.05) is 21.9 Å². The maximum atomic E-state index is 10.6. The van der Waals surface area contributed by atoms with Crippen molar-refractivity contribution in [3.05, 3.63) is 29.6 Å². The third-order valence-electron chi connectivity index (χ3n) is 1.44. The van der Waals surface area contributed by atoms with Crippen molar-refractivity contribution in [2.45, 2.75) is 6.42 Å². The lowest BCUT2D eigenvalue weighted by Gasteiger charge is -1.93. The quantitative estimate of drug-likeness (QED) is 0.647. The van der Waals surface area contributed by atoms with Crippen molar-refractivity contribution in [3.8, 4) is 11.8 Å². The van der Waals surface area contributed by atoms with Gasteiger partial charge in [0, 0.05) is 17.9 Å². The van der Waals surface area contributed by atoms with E-state index in [1.807, 2.05) is 0 Å². The van der Waals surface area contributed by atoms with Crippen LogP contribution in [-0.4, -0.2) is 21.4 Å². The fourth-order valence-electron chi connectivity index (χ4n) is 0.832. The van der Waals surface area contributed by atoms with E-state index in [1.54, 1.807) is 0 Å². The maximum Gasteiger partial charge on any atom is 0.335 e. The van der Waals surface area contributed by atoms with Gasteiger partial charge in [-0.25, -0.2) is 9.78 Å². The number of halogens is 1. The predicted octanol–water partition coefficient (Wildman–Crippen LogP) is 1.92. The second kappa shape index (κ2) is 5.40. The molecule has 0 amide bonds. The molecule has 1 aromatic rings. The van der Waals surface area contributed by atoms with Gasteiger partial charge in [-0.2, -0.15) is 0 Å². The topological polar surface area (TPSA) is 50.2 Å². The third-order valence-corrected chi connectivity index (χ3v) is 1.84. The summed E-state index contributed by atoms with van der Waals surface area (Å²) in [5, 5.41) is 9.50. The van der Waals surface area contributed by atoms with Crippen LogP contribution in [0.5, 0.6) is 0 Å². The number of alkyl halides is 1. The van der Waals surface area contributed by atoms with Crippen LogP contribution in [0.25, 0.3) is 0 Å². The van der Waals surface area contributed by atoms with Gasteiger partial charge < -0.3 is 5.11 Å². The number of nitrogens with zero attached hydrogens (tertiary/aromatic N) is 1. The van der Waals surface area contributed by atoms with E-state index in [0.29, 0.717) is 5.69 Å². The Hall–Kier alpha value is -1.34. The highest BCUT2D eigenvalue weighted by Gasteiger charge is 2.01. The van der Waals surface area contributed by atoms with Crippen LogP contribution >= 0.6 is 15.9 Å². The fourth-order valence-corrected chi connectivity index (χ4v) is 1.03. The fraction of sp³-hybridized carbons (Fsp3) is 0.200. The number of carboxylic acids is 1. The van der Waals surface area contributed by atoms with Crippen molar-refractivity contribution in [2.75, 3.05) is 5.33 Å². The van der Waals surface area contributed by atoms with E-state index >= 15 is 0 Å². The number of carboxylic acid groups (broad SMARTS) is 1. The van der Waals surface area contributed by atoms with Crippen molar-refractivity contribution in [1.29, 1.82) is 0 Å². The Labute approximate surface area is 90.3 Å². The minimum Gasteiger partial charge on any atom is -0.478 e. The van der Waals surface area contributed by atoms with Crippen LogP contribution in [-0.2, 0) is 0 Å². The predicted molar refractivity (Wildman–Crippen MR) is 56.5 cm³/mol. The molecular weight excluding hydrogens is 246 g/mol. The van der Waals surface area contributed by atoms with E-state index < -0.39 is 5.97 Å². The van der Waals surface area contributed by atoms with Crippen molar-refractivity contribution < 1.29 is 9.90 Å². The van der Waals surface area contributed by atoms with Gasteiger partial charge in [-0.15, -0.1) is 0 Å². The van der Waals surface area contributed by atoms with Gasteiger partial charge in [0.1, 0.15) is 5.69 Å². The van der Waals surface area contributed by atoms with E-state index in [1.165, 1.54) is 18.3 Å². The first-order valence-electron chi connectivity index (χ1n) is 3.98. The van der Waals surface area contributed by atoms with Crippen LogP contribution in [0.2, 0.25) is 0 Å². The minimum absolute atomic E-state index is 0.211. The van der Waals surface area contributed by atoms with Crippen LogP contribution in [0, 0.1) is 11.8 Å². The molecule has 72 valence electrons. The highest BCUT2D eigenvalue weighted by molar-refractivity contribution is 9.09. The average molecular weight is 254 g/mol. The monoisotopic (exact) mass is 253 g/mol. The Morgan fingerprint density at radius 1 is 1.64 bits per heavy atom. The number of aromatic carboxylic acids is 1. The van der Waals surface area contributed by atoms with Crippen LogP contribution in [0.4, 0.5) is 0 Å². The first-order chi connectivity index (χ1) is 6.74. The minimum atomic E-state index is -0.962. The summed E-state index contributed by atoms with van der Waals surface area (Å²) in [6, 6.07) is 2.90. The summed E-state index contributed by atoms with van der Waals surface area (Å²) in [5.41, 5.74) is 0.703. The van der Waals surface area contributed by atoms with Gasteiger partial charge in [0.15, 0.2) is 0 Å². The van der Waals surface area contributed by atoms with Gasteiger partial charge in [0.2, 0.25) is 0 Å². The molecule has 0 bridgehead atoms. The Bertz CT molecular complexity index is 393. The molecule has 1 N–H and O–H groups in total. The smallest absolute Gasteiger partial charge is 0.335 e. The molecule has 0 unspecified atom stereocenters. The lowest BCUT2D eigenvalue weighted by molar-refractivity contribution is 0.0696. The molecule has 0 fully saturated rings. The molecule has 3 nitrogen and oxygen atoms in total. The number of pyridine rings is 1. The highest BCUT2D eigenvalue weighted by atomic mass is 79.9. The van der Waals surface area contributed by atoms with Crippen molar-refractivity contribution >= 4 is 21.9 Å². The second-order valence-electron chi connectivity index (χ2n) is 2.48. The standard InChI is InChI=1S/C10H8BrNO2/c11-5-2-1-3-9-7-8(10(13)14)4-6-12-9/h4,6-7H,2,5H2,(H,13,14). The third kappa shape index (κ3) is 3.19. The number of aromatic nitrogens is 1. The van der Waals surface area contributed by atoms with Crippen LogP contribution in [0.15, 0.2) is 18.3 Å². The number of rotatable bonds is 2. The molecule has 1 aromatic heterocycles. The second-order valence-corrected chi connectivity index (χ2v) is 3.27. The van der Waals surface area contributed by atoms with Gasteiger partial charge in [-0.05, 0) is 18.1 Å². The largest absolute Gasteiger partial charge is 0.478 e. The number of hydrogen-bond donors (Lipinski definition) is 1. The Balaban J connectivity index is 2.85. The van der Waals surface area contributed by atoms with Crippen molar-refractivity contribution in [2.24, 2.45) is 0 Å². The summed E-state index contributed by atoms with van der Waals surface area (Å²) in [4.78, 5) is 14.5. The maximum absolute atomic E-state index is 10.6. The average Bonchev–Trinajstić information content (AvgIpc) is 2.19. The summed E-state index contributed by atoms with van der Waals surface area (Å²) in [6.45, 7) is 0. The van der Waals surface area contributed by atoms with E-state index in [0.717, 1.165) is 11.8 Å². The summed E-state index contributed by atoms with van der Waals surface area (Å²) in [6.07, 6.45) is 2.17. The van der Waals surface area contributed by atoms with E-state index in [-0.39, 0.29) is 5.56 Å². The van der Waals surface area contributed by atoms with E-state index in [9.17, 15) is 4.79 Å². The zero-order chi connectivity index (χ0) is 10.4. The molecule has 14 heavy (non-hydrogen) atoms. The van der Waals surface area contributed by atoms with E-state index in [2.05, 4.69) is 32.8 Å². The first-order valence-corrected chi connectivity index (χ1v) is 5.10. The van der Waals surface area contributed by atoms with Crippen molar-refractivity contribution in [1.82, 2.24) is 4.98 Å². The Morgan fingerprint density at radius 2 is 2.43 bits per heavy atom. The van der Waals surface area contributed by atoms with Crippen LogP contribution < -0.4 is 0 Å². The molecule has 0 aliphatic heterocycles. The summed E-state index contributed by atoms with van der Waals surface area (Å²) >= 11 is 3.24. The molecule has 0 saturated carbocycles. The van der Waals surface area contributed by atoms with Gasteiger partial charge in [0.05, 0.1) is 5.56 Å². The molecule has 0 saturated heterocycles. The molecule has 0 aliphatic rings. The SMILES string of the molecule is O=C(O)c1ccnc(C#CCCBr)c1. The van der Waals surface area contributed by atoms with Crippen molar-refractivity contribution in [3.63, 3.8) is 0 Å². The number of hydrogen-bond acceptors (Lipinski definition) is 2. The summed E-state index contributed by atoms with van der Waals surface area (Å²) in [5.74, 6) is 4.69. The lowest BCUT2D eigenvalue weighted by atomic mass is 10.2. The number of carbonyl (C=O) groups is 1. The molecule has 1 heterocycles. The molecule has 4 heteroatoms. The molecule has 0 radical (unpaired) electrons. The van der Waals surface area contributed by atoms with Gasteiger partial charge in [0.25, 0.3) is 0 Å². The Kier molecular flexibility index (Phi) is 4.14. The highest BCUT2D eigenvalue weighted by Crippen LogP contribution is 2.00. The van der Waals surface area contributed by atoms with Crippen LogP contribution in [0.3, 0.4) is 0 Å². The molecule has 0 aromatic carbocycles. The van der Waals surface area contributed by atoms with Gasteiger partial charge in [-0.3, -0.25) is 0 Å². The summed E-state index contributed by atoms with van der Waals surface area (Å²) < 4.78 is 0. The molecule has 0 atom stereocenters. The molecule has 0 aliphatic carbocycles. The zero-order valence-electron chi connectivity index (χ0n) is 7.33. The first kappa shape index (κ1) is 10.7. The Morgan fingerprint density at radius 3 is 3.07 bits per heavy atom. The molecular formula is C10H8BrNO2. The lowest BCUT2D eigenvalue weighted by Crippen LogP contribution is -1.97. The summed E-state index contributed by atoms with van der Waals surface area (Å²) in [7, 11) is 0. The molecule has 0 spiro atoms.